The molecule has 0 radical (unpaired) electrons. The molecule has 1 heterocycles. The normalized spacial score (nSPS) is 10.6. The third-order valence-electron chi connectivity index (χ3n) is 3.45. The van der Waals surface area contributed by atoms with Crippen LogP contribution in [-0.2, 0) is 0 Å². The molecule has 0 aliphatic heterocycles. The van der Waals surface area contributed by atoms with Crippen LogP contribution in [0.3, 0.4) is 0 Å². The largest absolute Gasteiger partial charge is 0.451 e. The van der Waals surface area contributed by atoms with E-state index in [9.17, 15) is 19.3 Å². The van der Waals surface area contributed by atoms with Crippen molar-refractivity contribution in [3.8, 4) is 11.3 Å². The number of rotatable bonds is 4. The van der Waals surface area contributed by atoms with Crippen LogP contribution in [0.1, 0.15) is 10.6 Å². The number of benzene rings is 2. The number of hydrogen-bond acceptors (Lipinski definition) is 4. The first-order valence-corrected chi connectivity index (χ1v) is 7.92. The molecular formula is C17H9Cl2FN2O4. The van der Waals surface area contributed by atoms with Gasteiger partial charge in [-0.3, -0.25) is 14.9 Å². The van der Waals surface area contributed by atoms with Gasteiger partial charge < -0.3 is 9.73 Å². The summed E-state index contributed by atoms with van der Waals surface area (Å²) in [7, 11) is 0. The highest BCUT2D eigenvalue weighted by Crippen LogP contribution is 2.34. The van der Waals surface area contributed by atoms with Crippen LogP contribution in [0.5, 0.6) is 0 Å². The molecule has 0 fully saturated rings. The molecular weight excluding hydrogens is 386 g/mol. The molecule has 1 aromatic heterocycles. The van der Waals surface area contributed by atoms with Crippen molar-refractivity contribution in [2.75, 3.05) is 5.32 Å². The lowest BCUT2D eigenvalue weighted by Crippen LogP contribution is -2.11. The van der Waals surface area contributed by atoms with Gasteiger partial charge in [0, 0.05) is 17.3 Å². The van der Waals surface area contributed by atoms with E-state index >= 15 is 0 Å². The molecule has 0 saturated carbocycles. The van der Waals surface area contributed by atoms with Crippen molar-refractivity contribution in [2.24, 2.45) is 0 Å². The summed E-state index contributed by atoms with van der Waals surface area (Å²) in [4.78, 5) is 22.1. The second-order valence-electron chi connectivity index (χ2n) is 5.14. The summed E-state index contributed by atoms with van der Waals surface area (Å²) in [6.07, 6.45) is 0. The molecule has 0 atom stereocenters. The Morgan fingerprint density at radius 2 is 1.92 bits per heavy atom. The van der Waals surface area contributed by atoms with Crippen LogP contribution in [0.4, 0.5) is 15.8 Å². The highest BCUT2D eigenvalue weighted by atomic mass is 35.5. The van der Waals surface area contributed by atoms with Crippen molar-refractivity contribution in [2.45, 2.75) is 0 Å². The Balaban J connectivity index is 1.84. The monoisotopic (exact) mass is 394 g/mol. The van der Waals surface area contributed by atoms with Crippen molar-refractivity contribution in [1.82, 2.24) is 0 Å². The third kappa shape index (κ3) is 3.54. The Labute approximate surface area is 156 Å². The van der Waals surface area contributed by atoms with Crippen LogP contribution in [0, 0.1) is 15.9 Å². The maximum Gasteiger partial charge on any atom is 0.306 e. The number of carbonyl (C=O) groups excluding carboxylic acids is 1. The van der Waals surface area contributed by atoms with Gasteiger partial charge in [-0.15, -0.1) is 0 Å². The lowest BCUT2D eigenvalue weighted by atomic mass is 10.2. The average molecular weight is 395 g/mol. The van der Waals surface area contributed by atoms with E-state index in [1.807, 2.05) is 0 Å². The topological polar surface area (TPSA) is 85.4 Å². The highest BCUT2D eigenvalue weighted by molar-refractivity contribution is 6.43. The third-order valence-corrected chi connectivity index (χ3v) is 4.27. The number of halogens is 3. The van der Waals surface area contributed by atoms with E-state index in [1.165, 1.54) is 12.1 Å². The summed E-state index contributed by atoms with van der Waals surface area (Å²) >= 11 is 12.1. The van der Waals surface area contributed by atoms with Gasteiger partial charge >= 0.3 is 5.69 Å². The van der Waals surface area contributed by atoms with Gasteiger partial charge in [-0.2, -0.15) is 4.39 Å². The number of nitro benzene ring substituents is 1. The van der Waals surface area contributed by atoms with E-state index in [0.717, 1.165) is 12.1 Å². The Kier molecular flexibility index (Phi) is 4.92. The maximum absolute atomic E-state index is 13.3. The van der Waals surface area contributed by atoms with Crippen molar-refractivity contribution in [3.05, 3.63) is 80.3 Å². The SMILES string of the molecule is O=C(Nc1ccc(F)c([N+](=O)[O-])c1)c1ccc(-c2cccc(Cl)c2Cl)o1. The first kappa shape index (κ1) is 17.9. The number of nitrogens with one attached hydrogen (secondary N) is 1. The van der Waals surface area contributed by atoms with E-state index in [1.54, 1.807) is 24.3 Å². The number of furan rings is 1. The number of nitrogens with zero attached hydrogens (tertiary/aromatic N) is 1. The van der Waals surface area contributed by atoms with E-state index < -0.39 is 22.3 Å². The zero-order chi connectivity index (χ0) is 18.8. The van der Waals surface area contributed by atoms with Crippen LogP contribution >= 0.6 is 23.2 Å². The minimum Gasteiger partial charge on any atom is -0.451 e. The van der Waals surface area contributed by atoms with E-state index in [0.29, 0.717) is 16.3 Å². The standard InChI is InChI=1S/C17H9Cl2FN2O4/c18-11-3-1-2-10(16(11)19)14-6-7-15(26-14)17(23)21-9-4-5-12(20)13(8-9)22(24)25/h1-8H,(H,21,23). The van der Waals surface area contributed by atoms with Gasteiger partial charge in [-0.1, -0.05) is 29.3 Å². The molecule has 9 heteroatoms. The maximum atomic E-state index is 13.3. The smallest absolute Gasteiger partial charge is 0.306 e. The predicted molar refractivity (Wildman–Crippen MR) is 95.2 cm³/mol. The van der Waals surface area contributed by atoms with Gasteiger partial charge in [0.15, 0.2) is 5.76 Å². The van der Waals surface area contributed by atoms with Crippen molar-refractivity contribution < 1.29 is 18.5 Å². The molecule has 6 nitrogen and oxygen atoms in total. The quantitative estimate of drug-likeness (QED) is 0.463. The first-order valence-electron chi connectivity index (χ1n) is 7.16. The molecule has 1 N–H and O–H groups in total. The minimum absolute atomic E-state index is 0.0528. The summed E-state index contributed by atoms with van der Waals surface area (Å²) in [5.74, 6) is -1.38. The summed E-state index contributed by atoms with van der Waals surface area (Å²) in [5, 5.41) is 13.8. The summed E-state index contributed by atoms with van der Waals surface area (Å²) in [6, 6.07) is 11.0. The molecule has 3 rings (SSSR count). The first-order chi connectivity index (χ1) is 12.4. The molecule has 132 valence electrons. The molecule has 0 spiro atoms. The molecule has 1 amide bonds. The predicted octanol–water partition coefficient (Wildman–Crippen LogP) is 5.55. The molecule has 0 bridgehead atoms. The Morgan fingerprint density at radius 1 is 1.15 bits per heavy atom. The van der Waals surface area contributed by atoms with Crippen LogP contribution in [-0.4, -0.2) is 10.8 Å². The van der Waals surface area contributed by atoms with Gasteiger partial charge in [0.1, 0.15) is 5.76 Å². The molecule has 0 aliphatic rings. The Morgan fingerprint density at radius 3 is 2.65 bits per heavy atom. The van der Waals surface area contributed by atoms with E-state index in [-0.39, 0.29) is 16.5 Å². The van der Waals surface area contributed by atoms with E-state index in [4.69, 9.17) is 27.6 Å². The molecule has 0 aliphatic carbocycles. The molecule has 2 aromatic carbocycles. The molecule has 3 aromatic rings. The lowest BCUT2D eigenvalue weighted by Gasteiger charge is -2.04. The van der Waals surface area contributed by atoms with Crippen molar-refractivity contribution >= 4 is 40.5 Å². The van der Waals surface area contributed by atoms with Gasteiger partial charge in [-0.05, 0) is 36.4 Å². The molecule has 26 heavy (non-hydrogen) atoms. The number of hydrogen-bond donors (Lipinski definition) is 1. The number of carbonyl (C=O) groups is 1. The fourth-order valence-corrected chi connectivity index (χ4v) is 2.62. The minimum atomic E-state index is -0.996. The van der Waals surface area contributed by atoms with Crippen molar-refractivity contribution in [1.29, 1.82) is 0 Å². The fourth-order valence-electron chi connectivity index (χ4n) is 2.22. The summed E-state index contributed by atoms with van der Waals surface area (Å²) < 4.78 is 18.8. The van der Waals surface area contributed by atoms with Crippen molar-refractivity contribution in [3.63, 3.8) is 0 Å². The van der Waals surface area contributed by atoms with E-state index in [2.05, 4.69) is 5.32 Å². The Bertz CT molecular complexity index is 1020. The number of anilines is 1. The van der Waals surface area contributed by atoms with Gasteiger partial charge in [-0.25, -0.2) is 0 Å². The van der Waals surface area contributed by atoms with Crippen LogP contribution < -0.4 is 5.32 Å². The van der Waals surface area contributed by atoms with Gasteiger partial charge in [0.05, 0.1) is 15.0 Å². The second-order valence-corrected chi connectivity index (χ2v) is 5.93. The Hall–Kier alpha value is -2.90. The van der Waals surface area contributed by atoms with Crippen LogP contribution in [0.15, 0.2) is 52.9 Å². The lowest BCUT2D eigenvalue weighted by molar-refractivity contribution is -0.387. The summed E-state index contributed by atoms with van der Waals surface area (Å²) in [5.41, 5.74) is -0.175. The highest BCUT2D eigenvalue weighted by Gasteiger charge is 2.18. The van der Waals surface area contributed by atoms with Gasteiger partial charge in [0.2, 0.25) is 5.82 Å². The zero-order valence-electron chi connectivity index (χ0n) is 12.8. The molecule has 0 saturated heterocycles. The average Bonchev–Trinajstić information content (AvgIpc) is 3.08. The van der Waals surface area contributed by atoms with Gasteiger partial charge in [0.25, 0.3) is 5.91 Å². The fraction of sp³-hybridized carbons (Fsp3) is 0. The second kappa shape index (κ2) is 7.15. The number of nitro groups is 1. The number of amides is 1. The molecule has 0 unspecified atom stereocenters. The zero-order valence-corrected chi connectivity index (χ0v) is 14.3. The van der Waals surface area contributed by atoms with Crippen LogP contribution in [0.25, 0.3) is 11.3 Å². The van der Waals surface area contributed by atoms with Crippen LogP contribution in [0.2, 0.25) is 10.0 Å². The summed E-state index contributed by atoms with van der Waals surface area (Å²) in [6.45, 7) is 0.